The number of aliphatic hydroxyl groups is 2. The average Bonchev–Trinajstić information content (AvgIpc) is 3.02. The molecule has 0 spiro atoms. The number of hydrogen-bond acceptors (Lipinski definition) is 4. The van der Waals surface area contributed by atoms with Gasteiger partial charge in [0.05, 0.1) is 42.5 Å². The van der Waals surface area contributed by atoms with Gasteiger partial charge in [0.2, 0.25) is 0 Å². The number of benzene rings is 1. The quantitative estimate of drug-likeness (QED) is 0.643. The van der Waals surface area contributed by atoms with E-state index in [0.29, 0.717) is 12.1 Å². The van der Waals surface area contributed by atoms with E-state index >= 15 is 0 Å². The van der Waals surface area contributed by atoms with Gasteiger partial charge in [0.25, 0.3) is 0 Å². The van der Waals surface area contributed by atoms with E-state index in [-0.39, 0.29) is 13.2 Å². The number of para-hydroxylation sites is 1. The maximum atomic E-state index is 12.0. The van der Waals surface area contributed by atoms with E-state index in [2.05, 4.69) is 15.7 Å². The summed E-state index contributed by atoms with van der Waals surface area (Å²) in [6.45, 7) is 1.10. The lowest BCUT2D eigenvalue weighted by Gasteiger charge is -2.29. The third-order valence-electron chi connectivity index (χ3n) is 3.52. The van der Waals surface area contributed by atoms with Gasteiger partial charge >= 0.3 is 6.03 Å². The summed E-state index contributed by atoms with van der Waals surface area (Å²) in [6.07, 6.45) is 3.62. The van der Waals surface area contributed by atoms with E-state index < -0.39 is 11.6 Å². The van der Waals surface area contributed by atoms with Crippen molar-refractivity contribution >= 4 is 11.7 Å². The van der Waals surface area contributed by atoms with Crippen LogP contribution in [0.5, 0.6) is 0 Å². The fourth-order valence-corrected chi connectivity index (χ4v) is 1.95. The number of carbonyl (C=O) groups is 1. The summed E-state index contributed by atoms with van der Waals surface area (Å²) in [5.41, 5.74) is 0.367. The number of urea groups is 1. The van der Waals surface area contributed by atoms with Gasteiger partial charge in [-0.05, 0) is 18.6 Å². The molecule has 0 fully saturated rings. The molecule has 2 rings (SSSR count). The zero-order valence-electron chi connectivity index (χ0n) is 12.4. The van der Waals surface area contributed by atoms with Crippen LogP contribution in [0.3, 0.4) is 0 Å². The number of aliphatic hydroxyl groups excluding tert-OH is 2. The summed E-state index contributed by atoms with van der Waals surface area (Å²) < 4.78 is 1.64. The van der Waals surface area contributed by atoms with Crippen molar-refractivity contribution in [2.75, 3.05) is 18.5 Å². The fraction of sp³-hybridized carbons (Fsp3) is 0.333. The Balaban J connectivity index is 2.02. The first-order chi connectivity index (χ1) is 10.6. The molecule has 0 radical (unpaired) electrons. The lowest BCUT2D eigenvalue weighted by molar-refractivity contribution is 0.0955. The molecule has 22 heavy (non-hydrogen) atoms. The van der Waals surface area contributed by atoms with Crippen molar-refractivity contribution in [2.24, 2.45) is 0 Å². The Morgan fingerprint density at radius 1 is 1.27 bits per heavy atom. The van der Waals surface area contributed by atoms with Crippen molar-refractivity contribution in [3.63, 3.8) is 0 Å². The van der Waals surface area contributed by atoms with Crippen molar-refractivity contribution in [2.45, 2.75) is 18.9 Å². The van der Waals surface area contributed by atoms with Gasteiger partial charge in [-0.3, -0.25) is 0 Å². The molecule has 7 nitrogen and oxygen atoms in total. The predicted molar refractivity (Wildman–Crippen MR) is 82.9 cm³/mol. The molecule has 0 saturated heterocycles. The minimum atomic E-state index is -1.03. The van der Waals surface area contributed by atoms with E-state index in [4.69, 9.17) is 0 Å². The number of carbonyl (C=O) groups excluding carboxylic acids is 1. The minimum Gasteiger partial charge on any atom is -0.394 e. The Hall–Kier alpha value is -2.38. The maximum Gasteiger partial charge on any atom is 0.319 e. The Bertz CT molecular complexity index is 600. The normalized spacial score (nSPS) is 11.2. The van der Waals surface area contributed by atoms with Crippen LogP contribution >= 0.6 is 0 Å². The molecule has 0 atom stereocenters. The lowest BCUT2D eigenvalue weighted by Crippen LogP contribution is -2.55. The highest BCUT2D eigenvalue weighted by Gasteiger charge is 2.28. The molecule has 0 aliphatic carbocycles. The zero-order chi connectivity index (χ0) is 16.0. The summed E-state index contributed by atoms with van der Waals surface area (Å²) in [5, 5.41) is 28.0. The SMILES string of the molecule is CCC(CO)(CO)NC(=O)Nc1cnn(-c2ccccc2)c1. The van der Waals surface area contributed by atoms with Gasteiger partial charge in [0.1, 0.15) is 0 Å². The Kier molecular flexibility index (Phi) is 5.13. The zero-order valence-corrected chi connectivity index (χ0v) is 12.4. The second-order valence-electron chi connectivity index (χ2n) is 5.04. The summed E-state index contributed by atoms with van der Waals surface area (Å²) in [7, 11) is 0. The van der Waals surface area contributed by atoms with Gasteiger partial charge in [-0.2, -0.15) is 5.10 Å². The van der Waals surface area contributed by atoms with Gasteiger partial charge in [-0.1, -0.05) is 25.1 Å². The van der Waals surface area contributed by atoms with Gasteiger partial charge in [0.15, 0.2) is 0 Å². The highest BCUT2D eigenvalue weighted by Crippen LogP contribution is 2.12. The molecule has 1 aromatic heterocycles. The standard InChI is InChI=1S/C15H20N4O3/c1-2-15(10-20,11-21)18-14(22)17-12-8-16-19(9-12)13-6-4-3-5-7-13/h3-9,20-21H,2,10-11H2,1H3,(H2,17,18,22). The fourth-order valence-electron chi connectivity index (χ4n) is 1.95. The maximum absolute atomic E-state index is 12.0. The van der Waals surface area contributed by atoms with E-state index in [1.165, 1.54) is 6.20 Å². The number of nitrogens with zero attached hydrogens (tertiary/aromatic N) is 2. The lowest BCUT2D eigenvalue weighted by atomic mass is 9.99. The first kappa shape index (κ1) is 16.0. The van der Waals surface area contributed by atoms with Gasteiger partial charge in [-0.25, -0.2) is 9.48 Å². The number of rotatable bonds is 6. The van der Waals surface area contributed by atoms with Crippen LogP contribution in [0.2, 0.25) is 0 Å². The number of amides is 2. The van der Waals surface area contributed by atoms with Crippen LogP contribution in [-0.4, -0.2) is 44.8 Å². The molecule has 1 heterocycles. The largest absolute Gasteiger partial charge is 0.394 e. The molecular formula is C15H20N4O3. The Morgan fingerprint density at radius 2 is 1.95 bits per heavy atom. The molecule has 7 heteroatoms. The highest BCUT2D eigenvalue weighted by molar-refractivity contribution is 5.89. The third-order valence-corrected chi connectivity index (χ3v) is 3.52. The van der Waals surface area contributed by atoms with E-state index in [1.54, 1.807) is 17.8 Å². The topological polar surface area (TPSA) is 99.4 Å². The molecule has 0 aliphatic rings. The van der Waals surface area contributed by atoms with Crippen LogP contribution in [0.4, 0.5) is 10.5 Å². The smallest absolute Gasteiger partial charge is 0.319 e. The van der Waals surface area contributed by atoms with Crippen LogP contribution in [0, 0.1) is 0 Å². The van der Waals surface area contributed by atoms with Crippen LogP contribution in [-0.2, 0) is 0 Å². The molecule has 4 N–H and O–H groups in total. The van der Waals surface area contributed by atoms with E-state index in [1.807, 2.05) is 30.3 Å². The summed E-state index contributed by atoms with van der Waals surface area (Å²) in [5.74, 6) is 0. The molecule has 0 bridgehead atoms. The first-order valence-corrected chi connectivity index (χ1v) is 7.03. The van der Waals surface area contributed by atoms with Crippen molar-refractivity contribution in [1.29, 1.82) is 0 Å². The average molecular weight is 304 g/mol. The van der Waals surface area contributed by atoms with Crippen molar-refractivity contribution in [1.82, 2.24) is 15.1 Å². The first-order valence-electron chi connectivity index (χ1n) is 7.03. The van der Waals surface area contributed by atoms with Gasteiger partial charge in [-0.15, -0.1) is 0 Å². The molecule has 1 aromatic carbocycles. The molecule has 2 aromatic rings. The van der Waals surface area contributed by atoms with Gasteiger partial charge in [0, 0.05) is 0 Å². The van der Waals surface area contributed by atoms with Gasteiger partial charge < -0.3 is 20.8 Å². The van der Waals surface area contributed by atoms with Crippen LogP contribution < -0.4 is 10.6 Å². The minimum absolute atomic E-state index is 0.337. The number of nitrogens with one attached hydrogen (secondary N) is 2. The second kappa shape index (κ2) is 7.06. The molecule has 0 unspecified atom stereocenters. The molecule has 0 aliphatic heterocycles. The summed E-state index contributed by atoms with van der Waals surface area (Å²) in [6, 6.07) is 9.00. The predicted octanol–water partition coefficient (Wildman–Crippen LogP) is 1.13. The van der Waals surface area contributed by atoms with Crippen molar-refractivity contribution in [3.8, 4) is 5.69 Å². The highest BCUT2D eigenvalue weighted by atomic mass is 16.3. The molecular weight excluding hydrogens is 284 g/mol. The van der Waals surface area contributed by atoms with Crippen LogP contribution in [0.15, 0.2) is 42.7 Å². The van der Waals surface area contributed by atoms with Crippen molar-refractivity contribution in [3.05, 3.63) is 42.7 Å². The summed E-state index contributed by atoms with van der Waals surface area (Å²) >= 11 is 0. The Morgan fingerprint density at radius 3 is 2.55 bits per heavy atom. The van der Waals surface area contributed by atoms with E-state index in [0.717, 1.165) is 5.69 Å². The monoisotopic (exact) mass is 304 g/mol. The third kappa shape index (κ3) is 3.63. The molecule has 118 valence electrons. The number of aromatic nitrogens is 2. The van der Waals surface area contributed by atoms with Crippen molar-refractivity contribution < 1.29 is 15.0 Å². The van der Waals surface area contributed by atoms with Crippen LogP contribution in [0.1, 0.15) is 13.3 Å². The summed E-state index contributed by atoms with van der Waals surface area (Å²) in [4.78, 5) is 12.0. The number of hydrogen-bond donors (Lipinski definition) is 4. The van der Waals surface area contributed by atoms with Crippen LogP contribution in [0.25, 0.3) is 5.69 Å². The van der Waals surface area contributed by atoms with E-state index in [9.17, 15) is 15.0 Å². The molecule has 2 amide bonds. The molecule has 0 saturated carbocycles. The number of anilines is 1. The second-order valence-corrected chi connectivity index (χ2v) is 5.04. The Labute approximate surface area is 128 Å².